The van der Waals surface area contributed by atoms with Crippen LogP contribution in [0.25, 0.3) is 5.65 Å². The molecule has 0 spiro atoms. The minimum Gasteiger partial charge on any atom is -0.484 e. The van der Waals surface area contributed by atoms with Crippen molar-refractivity contribution in [2.24, 2.45) is 0 Å². The first-order valence-corrected chi connectivity index (χ1v) is 8.58. The van der Waals surface area contributed by atoms with Gasteiger partial charge in [0.25, 0.3) is 0 Å². The Hall–Kier alpha value is -3.24. The van der Waals surface area contributed by atoms with Gasteiger partial charge < -0.3 is 19.1 Å². The number of nitrogens with zero attached hydrogens (tertiary/aromatic N) is 4. The summed E-state index contributed by atoms with van der Waals surface area (Å²) in [6.45, 7) is 0.266. The molecule has 3 aromatic rings. The zero-order valence-electron chi connectivity index (χ0n) is 14.5. The Morgan fingerprint density at radius 2 is 2.22 bits per heavy atom. The van der Waals surface area contributed by atoms with Crippen LogP contribution in [0.4, 0.5) is 4.79 Å². The third-order valence-electron chi connectivity index (χ3n) is 4.18. The SMILES string of the molecule is CN(CCC(Oc1cc(Cl)ccc1C#N)c1ccn2ccnc2c1)C(=O)O. The van der Waals surface area contributed by atoms with Gasteiger partial charge in [0.1, 0.15) is 23.6 Å². The Morgan fingerprint density at radius 1 is 1.41 bits per heavy atom. The topological polar surface area (TPSA) is 90.9 Å². The van der Waals surface area contributed by atoms with Crippen LogP contribution in [0.1, 0.15) is 23.7 Å². The molecule has 1 aromatic carbocycles. The van der Waals surface area contributed by atoms with Crippen molar-refractivity contribution in [1.82, 2.24) is 14.3 Å². The van der Waals surface area contributed by atoms with Gasteiger partial charge in [-0.2, -0.15) is 5.26 Å². The van der Waals surface area contributed by atoms with Crippen LogP contribution < -0.4 is 4.74 Å². The summed E-state index contributed by atoms with van der Waals surface area (Å²) in [7, 11) is 1.50. The fourth-order valence-electron chi connectivity index (χ4n) is 2.67. The molecule has 1 N–H and O–H groups in total. The van der Waals surface area contributed by atoms with E-state index in [1.54, 1.807) is 24.4 Å². The fourth-order valence-corrected chi connectivity index (χ4v) is 2.83. The lowest BCUT2D eigenvalue weighted by atomic mass is 10.1. The number of fused-ring (bicyclic) bond motifs is 1. The average molecular weight is 385 g/mol. The molecule has 2 heterocycles. The molecule has 138 valence electrons. The molecule has 1 amide bonds. The van der Waals surface area contributed by atoms with Crippen molar-refractivity contribution in [3.05, 3.63) is 65.1 Å². The summed E-state index contributed by atoms with van der Waals surface area (Å²) < 4.78 is 7.96. The minimum atomic E-state index is -1.02. The van der Waals surface area contributed by atoms with Crippen LogP contribution in [0, 0.1) is 11.3 Å². The predicted molar refractivity (Wildman–Crippen MR) is 100.0 cm³/mol. The Morgan fingerprint density at radius 3 is 2.96 bits per heavy atom. The predicted octanol–water partition coefficient (Wildman–Crippen LogP) is 3.98. The summed E-state index contributed by atoms with van der Waals surface area (Å²) in [4.78, 5) is 16.6. The molecule has 1 unspecified atom stereocenters. The maximum Gasteiger partial charge on any atom is 0.407 e. The first-order chi connectivity index (χ1) is 13.0. The molecule has 0 radical (unpaired) electrons. The van der Waals surface area contributed by atoms with E-state index in [9.17, 15) is 10.1 Å². The highest BCUT2D eigenvalue weighted by atomic mass is 35.5. The molecular weight excluding hydrogens is 368 g/mol. The van der Waals surface area contributed by atoms with Crippen LogP contribution in [0.5, 0.6) is 5.75 Å². The van der Waals surface area contributed by atoms with Gasteiger partial charge in [-0.25, -0.2) is 9.78 Å². The first-order valence-electron chi connectivity index (χ1n) is 8.21. The Labute approximate surface area is 161 Å². The van der Waals surface area contributed by atoms with Gasteiger partial charge >= 0.3 is 6.09 Å². The molecule has 0 saturated heterocycles. The van der Waals surface area contributed by atoms with Crippen LogP contribution in [0.15, 0.2) is 48.9 Å². The lowest BCUT2D eigenvalue weighted by molar-refractivity contribution is 0.140. The van der Waals surface area contributed by atoms with Crippen molar-refractivity contribution in [3.63, 3.8) is 0 Å². The Bertz CT molecular complexity index is 1010. The zero-order valence-corrected chi connectivity index (χ0v) is 15.3. The molecule has 0 bridgehead atoms. The number of imidazole rings is 1. The average Bonchev–Trinajstić information content (AvgIpc) is 3.12. The molecule has 0 aliphatic carbocycles. The standard InChI is InChI=1S/C19H17ClN4O3/c1-23(19(25)26)7-5-16(13-4-8-24-9-6-22-18(24)10-13)27-17-11-15(20)3-2-14(17)12-21/h2-4,6,8-11,16H,5,7H2,1H3,(H,25,26). The van der Waals surface area contributed by atoms with Crippen molar-refractivity contribution in [2.45, 2.75) is 12.5 Å². The molecule has 0 saturated carbocycles. The van der Waals surface area contributed by atoms with Gasteiger partial charge in [-0.1, -0.05) is 11.6 Å². The quantitative estimate of drug-likeness (QED) is 0.694. The molecule has 1 atom stereocenters. The number of rotatable bonds is 6. The Balaban J connectivity index is 1.93. The van der Waals surface area contributed by atoms with Gasteiger partial charge in [0.15, 0.2) is 0 Å². The van der Waals surface area contributed by atoms with Crippen LogP contribution in [0.3, 0.4) is 0 Å². The van der Waals surface area contributed by atoms with Gasteiger partial charge in [0.2, 0.25) is 0 Å². The highest BCUT2D eigenvalue weighted by Gasteiger charge is 2.19. The van der Waals surface area contributed by atoms with Gasteiger partial charge in [0.05, 0.1) is 5.56 Å². The van der Waals surface area contributed by atoms with E-state index in [1.807, 2.05) is 28.9 Å². The number of benzene rings is 1. The Kier molecular flexibility index (Phi) is 5.48. The third-order valence-corrected chi connectivity index (χ3v) is 4.42. The monoisotopic (exact) mass is 384 g/mol. The highest BCUT2D eigenvalue weighted by molar-refractivity contribution is 6.30. The maximum atomic E-state index is 11.1. The molecule has 2 aromatic heterocycles. The van der Waals surface area contributed by atoms with Crippen molar-refractivity contribution in [1.29, 1.82) is 5.26 Å². The molecule has 8 heteroatoms. The highest BCUT2D eigenvalue weighted by Crippen LogP contribution is 2.30. The molecular formula is C19H17ClN4O3. The number of pyridine rings is 1. The number of amides is 1. The molecule has 0 fully saturated rings. The second-order valence-electron chi connectivity index (χ2n) is 6.00. The molecule has 3 rings (SSSR count). The summed E-state index contributed by atoms with van der Waals surface area (Å²) >= 11 is 6.05. The van der Waals surface area contributed by atoms with Gasteiger partial charge in [-0.3, -0.25) is 0 Å². The number of ether oxygens (including phenoxy) is 1. The maximum absolute atomic E-state index is 11.1. The van der Waals surface area contributed by atoms with E-state index >= 15 is 0 Å². The number of halogens is 1. The normalized spacial score (nSPS) is 11.7. The summed E-state index contributed by atoms with van der Waals surface area (Å²) in [5.74, 6) is 0.358. The second-order valence-corrected chi connectivity index (χ2v) is 6.44. The summed E-state index contributed by atoms with van der Waals surface area (Å²) in [5.41, 5.74) is 1.94. The second kappa shape index (κ2) is 7.98. The van der Waals surface area contributed by atoms with E-state index < -0.39 is 12.2 Å². The summed E-state index contributed by atoms with van der Waals surface area (Å²) in [6.07, 6.45) is 4.29. The van der Waals surface area contributed by atoms with Crippen molar-refractivity contribution in [3.8, 4) is 11.8 Å². The lowest BCUT2D eigenvalue weighted by Crippen LogP contribution is -2.27. The van der Waals surface area contributed by atoms with Crippen LogP contribution in [-0.2, 0) is 0 Å². The summed E-state index contributed by atoms with van der Waals surface area (Å²) in [6, 6.07) is 10.6. The largest absolute Gasteiger partial charge is 0.484 e. The van der Waals surface area contributed by atoms with Crippen molar-refractivity contribution >= 4 is 23.3 Å². The van der Waals surface area contributed by atoms with E-state index in [1.165, 1.54) is 11.9 Å². The van der Waals surface area contributed by atoms with Crippen molar-refractivity contribution < 1.29 is 14.6 Å². The lowest BCUT2D eigenvalue weighted by Gasteiger charge is -2.23. The number of aromatic nitrogens is 2. The molecule has 27 heavy (non-hydrogen) atoms. The number of carbonyl (C=O) groups is 1. The number of hydrogen-bond acceptors (Lipinski definition) is 4. The zero-order chi connectivity index (χ0) is 19.4. The van der Waals surface area contributed by atoms with Crippen molar-refractivity contribution in [2.75, 3.05) is 13.6 Å². The molecule has 7 nitrogen and oxygen atoms in total. The molecule has 0 aliphatic heterocycles. The van der Waals surface area contributed by atoms with Gasteiger partial charge in [-0.15, -0.1) is 0 Å². The van der Waals surface area contributed by atoms with Crippen LogP contribution >= 0.6 is 11.6 Å². The van der Waals surface area contributed by atoms with Gasteiger partial charge in [0, 0.05) is 49.7 Å². The van der Waals surface area contributed by atoms with E-state index in [-0.39, 0.29) is 6.54 Å². The van der Waals surface area contributed by atoms with Gasteiger partial charge in [-0.05, 0) is 29.8 Å². The van der Waals surface area contributed by atoms with Crippen LogP contribution in [-0.4, -0.2) is 39.1 Å². The van der Waals surface area contributed by atoms with Crippen LogP contribution in [0.2, 0.25) is 5.02 Å². The van der Waals surface area contributed by atoms with E-state index in [4.69, 9.17) is 21.4 Å². The minimum absolute atomic E-state index is 0.266. The van der Waals surface area contributed by atoms with E-state index in [2.05, 4.69) is 11.1 Å². The smallest absolute Gasteiger partial charge is 0.407 e. The summed E-state index contributed by atoms with van der Waals surface area (Å²) in [5, 5.41) is 18.9. The molecule has 0 aliphatic rings. The fraction of sp³-hybridized carbons (Fsp3) is 0.211. The number of hydrogen-bond donors (Lipinski definition) is 1. The number of nitriles is 1. The first kappa shape index (κ1) is 18.5. The third kappa shape index (κ3) is 4.30. The van der Waals surface area contributed by atoms with E-state index in [0.717, 1.165) is 11.2 Å². The van der Waals surface area contributed by atoms with E-state index in [0.29, 0.717) is 22.8 Å². The number of carboxylic acid groups (broad SMARTS) is 1.